The third-order valence-electron chi connectivity index (χ3n) is 6.30. The summed E-state index contributed by atoms with van der Waals surface area (Å²) in [5.74, 6) is 0.453. The molecule has 2 aromatic carbocycles. The van der Waals surface area contributed by atoms with Gasteiger partial charge in [-0.25, -0.2) is 9.59 Å². The Morgan fingerprint density at radius 2 is 1.64 bits per heavy atom. The van der Waals surface area contributed by atoms with Crippen LogP contribution in [0.1, 0.15) is 102 Å². The van der Waals surface area contributed by atoms with Crippen LogP contribution in [0, 0.1) is 5.92 Å². The number of rotatable bonds is 18. The highest BCUT2D eigenvalue weighted by atomic mass is 16.6. The topological polar surface area (TPSA) is 129 Å². The Bertz CT molecular complexity index is 1160. The molecule has 0 amide bonds. The summed E-state index contributed by atoms with van der Waals surface area (Å²) >= 11 is 0. The lowest BCUT2D eigenvalue weighted by atomic mass is 10.0. The van der Waals surface area contributed by atoms with Crippen molar-refractivity contribution in [3.63, 3.8) is 0 Å². The molecule has 9 heteroatoms. The fourth-order valence-corrected chi connectivity index (χ4v) is 3.93. The number of ether oxygens (including phenoxy) is 4. The minimum Gasteiger partial charge on any atom is -0.494 e. The smallest absolute Gasteiger partial charge is 0.343 e. The molecule has 44 heavy (non-hydrogen) atoms. The van der Waals surface area contributed by atoms with Crippen LogP contribution >= 0.6 is 0 Å². The molecule has 0 bridgehead atoms. The predicted octanol–water partition coefficient (Wildman–Crippen LogP) is 7.49. The van der Waals surface area contributed by atoms with Crippen LogP contribution in [0.5, 0.6) is 17.2 Å². The maximum absolute atomic E-state index is 12.6. The van der Waals surface area contributed by atoms with Gasteiger partial charge in [0.05, 0.1) is 31.5 Å². The molecule has 2 rings (SSSR count). The second-order valence-electron chi connectivity index (χ2n) is 11.4. The van der Waals surface area contributed by atoms with Gasteiger partial charge in [-0.3, -0.25) is 4.79 Å². The van der Waals surface area contributed by atoms with Crippen molar-refractivity contribution in [2.24, 2.45) is 5.92 Å². The zero-order chi connectivity index (χ0) is 33.0. The Hall–Kier alpha value is -3.85. The lowest BCUT2D eigenvalue weighted by Crippen LogP contribution is -2.17. The van der Waals surface area contributed by atoms with Gasteiger partial charge in [-0.2, -0.15) is 0 Å². The van der Waals surface area contributed by atoms with E-state index >= 15 is 0 Å². The van der Waals surface area contributed by atoms with E-state index in [4.69, 9.17) is 24.1 Å². The van der Waals surface area contributed by atoms with E-state index in [9.17, 15) is 19.5 Å². The molecule has 0 aromatic heterocycles. The second-order valence-corrected chi connectivity index (χ2v) is 11.4. The number of aliphatic hydroxyl groups is 1. The van der Waals surface area contributed by atoms with Crippen molar-refractivity contribution in [3.05, 3.63) is 59.7 Å². The summed E-state index contributed by atoms with van der Waals surface area (Å²) in [5.41, 5.74) is 0.469. The standard InChI is InChI=1S/C27H34O6.C8H16O3/c1-5-31-26(28)17-11-21-10-16-24(25(19-21)30-4)33-27(29)22-12-14-23(15-13-22)32-18-8-6-7-9-20(2)3;1-8(2,11)6-4-3-5-7(9)10/h10-17,19-20H,5-9,18H2,1-4H3;11H,3-6H2,1-2H3,(H,9,10)/b17-11+;. The molecule has 0 heterocycles. The minimum absolute atomic E-state index is 0.204. The lowest BCUT2D eigenvalue weighted by molar-refractivity contribution is -0.138. The van der Waals surface area contributed by atoms with E-state index in [0.717, 1.165) is 30.9 Å². The van der Waals surface area contributed by atoms with Crippen molar-refractivity contribution < 1.29 is 43.5 Å². The number of hydrogen-bond acceptors (Lipinski definition) is 8. The molecule has 0 spiro atoms. The highest BCUT2D eigenvalue weighted by Crippen LogP contribution is 2.29. The van der Waals surface area contributed by atoms with Gasteiger partial charge in [0.15, 0.2) is 11.5 Å². The van der Waals surface area contributed by atoms with Crippen LogP contribution in [0.2, 0.25) is 0 Å². The van der Waals surface area contributed by atoms with Crippen LogP contribution in [0.4, 0.5) is 0 Å². The summed E-state index contributed by atoms with van der Waals surface area (Å²) in [7, 11) is 1.49. The minimum atomic E-state index is -0.763. The molecule has 0 saturated carbocycles. The Morgan fingerprint density at radius 3 is 2.23 bits per heavy atom. The number of esters is 2. The van der Waals surface area contributed by atoms with Crippen molar-refractivity contribution in [1.82, 2.24) is 0 Å². The molecule has 0 atom stereocenters. The first-order chi connectivity index (χ1) is 20.8. The molecular formula is C35H50O9. The Morgan fingerprint density at radius 1 is 0.932 bits per heavy atom. The monoisotopic (exact) mass is 614 g/mol. The van der Waals surface area contributed by atoms with E-state index in [1.54, 1.807) is 69.3 Å². The number of carbonyl (C=O) groups excluding carboxylic acids is 2. The summed E-state index contributed by atoms with van der Waals surface area (Å²) in [6.45, 7) is 10.7. The quantitative estimate of drug-likeness (QED) is 0.0759. The van der Waals surface area contributed by atoms with Gasteiger partial charge in [-0.1, -0.05) is 45.6 Å². The highest BCUT2D eigenvalue weighted by Gasteiger charge is 2.14. The molecular weight excluding hydrogens is 564 g/mol. The third kappa shape index (κ3) is 18.0. The number of unbranched alkanes of at least 4 members (excludes halogenated alkanes) is 3. The Kier molecular flexibility index (Phi) is 18.2. The Labute approximate surface area is 262 Å². The summed E-state index contributed by atoms with van der Waals surface area (Å²) in [4.78, 5) is 34.1. The van der Waals surface area contributed by atoms with E-state index in [2.05, 4.69) is 13.8 Å². The van der Waals surface area contributed by atoms with Gasteiger partial charge < -0.3 is 29.2 Å². The average molecular weight is 615 g/mol. The van der Waals surface area contributed by atoms with Gasteiger partial charge >= 0.3 is 17.9 Å². The molecule has 0 unspecified atom stereocenters. The molecule has 0 aliphatic heterocycles. The third-order valence-corrected chi connectivity index (χ3v) is 6.30. The van der Waals surface area contributed by atoms with Crippen LogP contribution in [0.25, 0.3) is 6.08 Å². The molecule has 0 saturated heterocycles. The molecule has 0 aliphatic carbocycles. The van der Waals surface area contributed by atoms with Gasteiger partial charge in [0.1, 0.15) is 5.75 Å². The molecule has 244 valence electrons. The number of methoxy groups -OCH3 is 1. The number of carboxylic acids is 1. The lowest BCUT2D eigenvalue weighted by Gasteiger charge is -2.15. The van der Waals surface area contributed by atoms with Gasteiger partial charge in [0.25, 0.3) is 0 Å². The zero-order valence-electron chi connectivity index (χ0n) is 27.1. The highest BCUT2D eigenvalue weighted by molar-refractivity contribution is 5.91. The van der Waals surface area contributed by atoms with Crippen molar-refractivity contribution in [2.75, 3.05) is 20.3 Å². The largest absolute Gasteiger partial charge is 0.494 e. The van der Waals surface area contributed by atoms with Crippen LogP contribution in [-0.2, 0) is 14.3 Å². The van der Waals surface area contributed by atoms with Crippen molar-refractivity contribution in [2.45, 2.75) is 91.6 Å². The maximum atomic E-state index is 12.6. The van der Waals surface area contributed by atoms with Crippen molar-refractivity contribution >= 4 is 24.0 Å². The van der Waals surface area contributed by atoms with Crippen LogP contribution in [-0.4, -0.2) is 54.0 Å². The first kappa shape index (κ1) is 38.2. The molecule has 0 fully saturated rings. The summed E-state index contributed by atoms with van der Waals surface area (Å²) in [5, 5.41) is 17.5. The number of aliphatic carboxylic acids is 1. The van der Waals surface area contributed by atoms with Crippen LogP contribution in [0.3, 0.4) is 0 Å². The fraction of sp³-hybridized carbons (Fsp3) is 0.514. The van der Waals surface area contributed by atoms with Crippen molar-refractivity contribution in [3.8, 4) is 17.2 Å². The van der Waals surface area contributed by atoms with Crippen molar-refractivity contribution in [1.29, 1.82) is 0 Å². The molecule has 2 aromatic rings. The van der Waals surface area contributed by atoms with E-state index in [-0.39, 0.29) is 12.2 Å². The SMILES string of the molecule is CC(C)(O)CCCCC(=O)O.CCOC(=O)/C=C/c1ccc(OC(=O)c2ccc(OCCCCCC(C)C)cc2)c(OC)c1. The van der Waals surface area contributed by atoms with E-state index in [1.807, 2.05) is 0 Å². The van der Waals surface area contributed by atoms with E-state index in [0.29, 0.717) is 42.9 Å². The average Bonchev–Trinajstić information content (AvgIpc) is 2.96. The maximum Gasteiger partial charge on any atom is 0.343 e. The molecule has 0 aliphatic rings. The summed E-state index contributed by atoms with van der Waals surface area (Å²) in [6, 6.07) is 11.9. The second kappa shape index (κ2) is 21.0. The van der Waals surface area contributed by atoms with Gasteiger partial charge in [-0.05, 0) is 94.0 Å². The van der Waals surface area contributed by atoms with Gasteiger partial charge in [0.2, 0.25) is 0 Å². The Balaban J connectivity index is 0.000000747. The van der Waals surface area contributed by atoms with Crippen LogP contribution < -0.4 is 14.2 Å². The van der Waals surface area contributed by atoms with E-state index < -0.39 is 23.5 Å². The van der Waals surface area contributed by atoms with Gasteiger partial charge in [0, 0.05) is 12.5 Å². The molecule has 2 N–H and O–H groups in total. The normalized spacial score (nSPS) is 11.1. The van der Waals surface area contributed by atoms with E-state index in [1.165, 1.54) is 26.0 Å². The first-order valence-electron chi connectivity index (χ1n) is 15.3. The molecule has 9 nitrogen and oxygen atoms in total. The summed E-state index contributed by atoms with van der Waals surface area (Å²) in [6.07, 6.45) is 9.87. The predicted molar refractivity (Wildman–Crippen MR) is 171 cm³/mol. The zero-order valence-corrected chi connectivity index (χ0v) is 27.1. The molecule has 0 radical (unpaired) electrons. The fourth-order valence-electron chi connectivity index (χ4n) is 3.93. The summed E-state index contributed by atoms with van der Waals surface area (Å²) < 4.78 is 21.5. The first-order valence-corrected chi connectivity index (χ1v) is 15.3. The number of carboxylic acid groups (broad SMARTS) is 1. The van der Waals surface area contributed by atoms with Crippen LogP contribution in [0.15, 0.2) is 48.5 Å². The number of carbonyl (C=O) groups is 3. The number of benzene rings is 2. The number of hydrogen-bond donors (Lipinski definition) is 2. The van der Waals surface area contributed by atoms with Gasteiger partial charge in [-0.15, -0.1) is 0 Å².